The third kappa shape index (κ3) is 2.67. The summed E-state index contributed by atoms with van der Waals surface area (Å²) in [5.41, 5.74) is 0.702. The first-order chi connectivity index (χ1) is 9.99. The highest BCUT2D eigenvalue weighted by Crippen LogP contribution is 2.41. The first-order valence-electron chi connectivity index (χ1n) is 6.33. The van der Waals surface area contributed by atoms with Gasteiger partial charge in [-0.3, -0.25) is 5.10 Å². The molecule has 0 spiro atoms. The smallest absolute Gasteiger partial charge is 0.340 e. The van der Waals surface area contributed by atoms with Crippen LogP contribution in [0.4, 0.5) is 0 Å². The number of H-pyrrole nitrogens is 1. The van der Waals surface area contributed by atoms with Gasteiger partial charge in [0.2, 0.25) is 0 Å². The quantitative estimate of drug-likeness (QED) is 0.761. The Hall–Kier alpha value is -2.19. The van der Waals surface area contributed by atoms with Gasteiger partial charge in [-0.05, 0) is 12.0 Å². The van der Waals surface area contributed by atoms with Gasteiger partial charge in [-0.15, -0.1) is 0 Å². The molecule has 1 aromatic carbocycles. The lowest BCUT2D eigenvalue weighted by atomic mass is 10.1. The first-order valence-corrected chi connectivity index (χ1v) is 7.81. The predicted octanol–water partition coefficient (Wildman–Crippen LogP) is 0.942. The fourth-order valence-electron chi connectivity index (χ4n) is 2.28. The molecule has 1 fully saturated rings. The second kappa shape index (κ2) is 4.97. The van der Waals surface area contributed by atoms with Crippen LogP contribution in [0.25, 0.3) is 0 Å². The minimum absolute atomic E-state index is 0.122. The lowest BCUT2D eigenvalue weighted by Gasteiger charge is -2.05. The number of aromatic carboxylic acids is 1. The van der Waals surface area contributed by atoms with Crippen LogP contribution in [-0.2, 0) is 10.0 Å². The number of carboxylic acids is 1. The maximum Gasteiger partial charge on any atom is 0.340 e. The number of rotatable bonds is 5. The molecule has 110 valence electrons. The lowest BCUT2D eigenvalue weighted by Crippen LogP contribution is -2.28. The summed E-state index contributed by atoms with van der Waals surface area (Å²) >= 11 is 0. The normalized spacial score (nSPS) is 21.1. The zero-order valence-electron chi connectivity index (χ0n) is 10.9. The van der Waals surface area contributed by atoms with Gasteiger partial charge in [-0.2, -0.15) is 5.10 Å². The molecule has 0 aliphatic heterocycles. The highest BCUT2D eigenvalue weighted by Gasteiger charge is 2.42. The number of aromatic nitrogens is 2. The van der Waals surface area contributed by atoms with Gasteiger partial charge in [0.05, 0.1) is 6.20 Å². The maximum atomic E-state index is 12.2. The molecule has 21 heavy (non-hydrogen) atoms. The maximum absolute atomic E-state index is 12.2. The number of benzene rings is 1. The van der Waals surface area contributed by atoms with E-state index in [4.69, 9.17) is 5.11 Å². The minimum atomic E-state index is -3.92. The molecule has 1 aromatic heterocycles. The van der Waals surface area contributed by atoms with Crippen molar-refractivity contribution >= 4 is 16.0 Å². The molecule has 3 rings (SSSR count). The summed E-state index contributed by atoms with van der Waals surface area (Å²) in [7, 11) is -3.92. The first kappa shape index (κ1) is 13.8. The number of nitrogens with one attached hydrogen (secondary N) is 2. The average Bonchev–Trinajstić information content (AvgIpc) is 3.01. The van der Waals surface area contributed by atoms with E-state index < -0.39 is 21.0 Å². The number of hydrogen-bond donors (Lipinski definition) is 3. The number of aromatic amines is 1. The van der Waals surface area contributed by atoms with Crippen molar-refractivity contribution in [1.82, 2.24) is 14.9 Å². The van der Waals surface area contributed by atoms with Crippen molar-refractivity contribution in [3.8, 4) is 0 Å². The van der Waals surface area contributed by atoms with E-state index in [-0.39, 0.29) is 17.5 Å². The van der Waals surface area contributed by atoms with Crippen LogP contribution in [0.3, 0.4) is 0 Å². The molecule has 0 radical (unpaired) electrons. The summed E-state index contributed by atoms with van der Waals surface area (Å²) < 4.78 is 26.9. The molecule has 7 nitrogen and oxygen atoms in total. The second-order valence-corrected chi connectivity index (χ2v) is 6.55. The van der Waals surface area contributed by atoms with E-state index >= 15 is 0 Å². The van der Waals surface area contributed by atoms with Gasteiger partial charge in [0.15, 0.2) is 5.03 Å². The van der Waals surface area contributed by atoms with Crippen LogP contribution in [0.1, 0.15) is 28.3 Å². The number of sulfonamides is 1. The highest BCUT2D eigenvalue weighted by atomic mass is 32.2. The highest BCUT2D eigenvalue weighted by molar-refractivity contribution is 7.89. The Morgan fingerprint density at radius 1 is 1.33 bits per heavy atom. The Bertz CT molecular complexity index is 770. The molecule has 1 saturated carbocycles. The number of nitrogens with zero attached hydrogens (tertiary/aromatic N) is 1. The molecule has 1 aliphatic carbocycles. The van der Waals surface area contributed by atoms with Gasteiger partial charge in [0.25, 0.3) is 10.0 Å². The van der Waals surface area contributed by atoms with Crippen molar-refractivity contribution in [2.45, 2.75) is 23.4 Å². The van der Waals surface area contributed by atoms with Crippen LogP contribution >= 0.6 is 0 Å². The van der Waals surface area contributed by atoms with Crippen molar-refractivity contribution < 1.29 is 18.3 Å². The van der Waals surface area contributed by atoms with Crippen LogP contribution in [0.15, 0.2) is 41.6 Å². The minimum Gasteiger partial charge on any atom is -0.478 e. The van der Waals surface area contributed by atoms with E-state index in [1.807, 2.05) is 30.3 Å². The fourth-order valence-corrected chi connectivity index (χ4v) is 3.66. The average molecular weight is 307 g/mol. The molecule has 0 saturated heterocycles. The molecule has 0 bridgehead atoms. The summed E-state index contributed by atoms with van der Waals surface area (Å²) in [6.45, 7) is 0. The van der Waals surface area contributed by atoms with Crippen LogP contribution in [-0.4, -0.2) is 35.7 Å². The Balaban J connectivity index is 1.77. The molecule has 1 heterocycles. The van der Waals surface area contributed by atoms with E-state index in [1.54, 1.807) is 0 Å². The summed E-state index contributed by atoms with van der Waals surface area (Å²) in [6, 6.07) is 9.36. The van der Waals surface area contributed by atoms with Crippen molar-refractivity contribution in [2.75, 3.05) is 0 Å². The Kier molecular flexibility index (Phi) is 3.26. The zero-order valence-corrected chi connectivity index (χ0v) is 11.7. The van der Waals surface area contributed by atoms with E-state index in [9.17, 15) is 13.2 Å². The van der Waals surface area contributed by atoms with Gasteiger partial charge < -0.3 is 5.11 Å². The van der Waals surface area contributed by atoms with Crippen molar-refractivity contribution in [3.05, 3.63) is 47.7 Å². The molecular weight excluding hydrogens is 294 g/mol. The standard InChI is InChI=1S/C13H13N3O4S/c17-13(18)10-7-14-15-12(10)21(19,20)16-11-6-9(11)8-4-2-1-3-5-8/h1-5,7,9,11,16H,6H2,(H,14,15)(H,17,18). The monoisotopic (exact) mass is 307 g/mol. The van der Waals surface area contributed by atoms with Gasteiger partial charge in [0, 0.05) is 12.0 Å². The molecule has 8 heteroatoms. The summed E-state index contributed by atoms with van der Waals surface area (Å²) in [5, 5.41) is 14.3. The summed E-state index contributed by atoms with van der Waals surface area (Å²) in [5.74, 6) is -1.21. The van der Waals surface area contributed by atoms with Crippen molar-refractivity contribution in [1.29, 1.82) is 0 Å². The molecule has 3 N–H and O–H groups in total. The Morgan fingerprint density at radius 2 is 2.05 bits per heavy atom. The number of carbonyl (C=O) groups is 1. The van der Waals surface area contributed by atoms with Crippen molar-refractivity contribution in [3.63, 3.8) is 0 Å². The molecular formula is C13H13N3O4S. The van der Waals surface area contributed by atoms with Crippen LogP contribution in [0.2, 0.25) is 0 Å². The Morgan fingerprint density at radius 3 is 2.71 bits per heavy atom. The van der Waals surface area contributed by atoms with Crippen LogP contribution in [0, 0.1) is 0 Å². The van der Waals surface area contributed by atoms with Crippen LogP contribution < -0.4 is 4.72 Å². The van der Waals surface area contributed by atoms with Gasteiger partial charge in [-0.25, -0.2) is 17.9 Å². The van der Waals surface area contributed by atoms with Crippen LogP contribution in [0.5, 0.6) is 0 Å². The topological polar surface area (TPSA) is 112 Å². The lowest BCUT2D eigenvalue weighted by molar-refractivity contribution is 0.0692. The molecule has 0 amide bonds. The molecule has 2 unspecified atom stereocenters. The fraction of sp³-hybridized carbons (Fsp3) is 0.231. The number of hydrogen-bond acceptors (Lipinski definition) is 4. The predicted molar refractivity (Wildman–Crippen MR) is 73.5 cm³/mol. The van der Waals surface area contributed by atoms with E-state index in [0.29, 0.717) is 6.42 Å². The van der Waals surface area contributed by atoms with Gasteiger partial charge >= 0.3 is 5.97 Å². The summed E-state index contributed by atoms with van der Waals surface area (Å²) in [4.78, 5) is 11.0. The van der Waals surface area contributed by atoms with E-state index in [1.165, 1.54) is 0 Å². The summed E-state index contributed by atoms with van der Waals surface area (Å²) in [6.07, 6.45) is 1.68. The zero-order chi connectivity index (χ0) is 15.0. The van der Waals surface area contributed by atoms with Crippen molar-refractivity contribution in [2.24, 2.45) is 0 Å². The van der Waals surface area contributed by atoms with Gasteiger partial charge in [-0.1, -0.05) is 30.3 Å². The van der Waals surface area contributed by atoms with E-state index in [2.05, 4.69) is 14.9 Å². The third-order valence-corrected chi connectivity index (χ3v) is 4.89. The third-order valence-electron chi connectivity index (χ3n) is 3.43. The van der Waals surface area contributed by atoms with Gasteiger partial charge in [0.1, 0.15) is 5.56 Å². The molecule has 2 aromatic rings. The SMILES string of the molecule is O=C(O)c1cn[nH]c1S(=O)(=O)NC1CC1c1ccccc1. The largest absolute Gasteiger partial charge is 0.478 e. The Labute approximate surface area is 121 Å². The second-order valence-electron chi connectivity index (χ2n) is 4.90. The van der Waals surface area contributed by atoms with E-state index in [0.717, 1.165) is 11.8 Å². The number of carboxylic acid groups (broad SMARTS) is 1. The molecule has 2 atom stereocenters. The molecule has 1 aliphatic rings.